The first kappa shape index (κ1) is 32.8. The van der Waals surface area contributed by atoms with Gasteiger partial charge in [-0.1, -0.05) is 88.7 Å². The first-order valence-corrected chi connectivity index (χ1v) is 14.1. The van der Waals surface area contributed by atoms with Crippen LogP contribution in [0.1, 0.15) is 33.2 Å². The molecule has 0 heterocycles. The molecule has 5 rings (SSSR count). The minimum atomic E-state index is -4.66. The molecule has 0 spiro atoms. The number of hydrogen-bond acceptors (Lipinski definition) is 4. The van der Waals surface area contributed by atoms with E-state index < -0.39 is 29.8 Å². The molecule has 45 heavy (non-hydrogen) atoms. The highest BCUT2D eigenvalue weighted by Crippen LogP contribution is 2.37. The summed E-state index contributed by atoms with van der Waals surface area (Å²) in [5, 5.41) is 24.1. The van der Waals surface area contributed by atoms with Gasteiger partial charge in [-0.3, -0.25) is 0 Å². The van der Waals surface area contributed by atoms with Crippen LogP contribution in [0.5, 0.6) is 11.5 Å². The number of anilines is 2. The number of carbonyl (C=O) groups is 2. The molecule has 4 N–H and O–H groups in total. The Bertz CT molecular complexity index is 1700. The standard InChI is InChI=1S/C21H14BrF3N2O4.C13H12O/c22-13-6-8-14(9-7-13)26-20(30)27-16-11-12(21(23,24)25)5-10-18(16)31-17-4-2-1-3-15(17)19(28)29;14-13(11-7-3-1-4-8-11)12-9-5-2-6-10-12/h1-11H,(H,28,29)(H2,26,27,30);1-10,13-14H. The third-order valence-electron chi connectivity index (χ3n) is 6.23. The van der Waals surface area contributed by atoms with E-state index in [0.29, 0.717) is 11.8 Å². The summed E-state index contributed by atoms with van der Waals surface area (Å²) in [5.41, 5.74) is 0.784. The molecular formula is C34H26BrF3N2O5. The Balaban J connectivity index is 0.000000273. The van der Waals surface area contributed by atoms with Gasteiger partial charge < -0.3 is 25.6 Å². The van der Waals surface area contributed by atoms with Crippen LogP contribution < -0.4 is 15.4 Å². The second-order valence-corrected chi connectivity index (χ2v) is 10.3. The molecule has 0 aliphatic heterocycles. The molecule has 0 aliphatic carbocycles. The number of carboxylic acid groups (broad SMARTS) is 1. The Labute approximate surface area is 265 Å². The normalized spacial score (nSPS) is 10.8. The molecule has 0 unspecified atom stereocenters. The van der Waals surface area contributed by atoms with Crippen molar-refractivity contribution in [2.24, 2.45) is 0 Å². The monoisotopic (exact) mass is 678 g/mol. The predicted molar refractivity (Wildman–Crippen MR) is 169 cm³/mol. The molecule has 7 nitrogen and oxygen atoms in total. The molecule has 0 atom stereocenters. The Hall–Kier alpha value is -5.13. The van der Waals surface area contributed by atoms with Crippen LogP contribution in [0.25, 0.3) is 0 Å². The Morgan fingerprint density at radius 1 is 0.711 bits per heavy atom. The average molecular weight is 679 g/mol. The van der Waals surface area contributed by atoms with Crippen LogP contribution >= 0.6 is 15.9 Å². The maximum absolute atomic E-state index is 13.2. The maximum Gasteiger partial charge on any atom is 0.416 e. The highest BCUT2D eigenvalue weighted by atomic mass is 79.9. The van der Waals surface area contributed by atoms with Crippen molar-refractivity contribution in [1.82, 2.24) is 0 Å². The molecule has 0 saturated heterocycles. The zero-order chi connectivity index (χ0) is 32.4. The number of urea groups is 1. The summed E-state index contributed by atoms with van der Waals surface area (Å²) in [6.07, 6.45) is -5.17. The minimum Gasteiger partial charge on any atom is -0.478 e. The van der Waals surface area contributed by atoms with E-state index in [-0.39, 0.29) is 22.7 Å². The predicted octanol–water partition coefficient (Wildman–Crippen LogP) is 9.37. The van der Waals surface area contributed by atoms with Crippen molar-refractivity contribution in [3.63, 3.8) is 0 Å². The molecule has 0 radical (unpaired) electrons. The number of hydrogen-bond donors (Lipinski definition) is 4. The Morgan fingerprint density at radius 2 is 1.27 bits per heavy atom. The lowest BCUT2D eigenvalue weighted by molar-refractivity contribution is -0.137. The fourth-order valence-electron chi connectivity index (χ4n) is 4.02. The van der Waals surface area contributed by atoms with Crippen LogP contribution in [0.3, 0.4) is 0 Å². The van der Waals surface area contributed by atoms with Crippen LogP contribution in [0, 0.1) is 0 Å². The zero-order valence-corrected chi connectivity index (χ0v) is 24.9. The number of benzene rings is 5. The number of alkyl halides is 3. The van der Waals surface area contributed by atoms with Gasteiger partial charge in [0.15, 0.2) is 5.75 Å². The lowest BCUT2D eigenvalue weighted by Crippen LogP contribution is -2.20. The number of halogens is 4. The molecule has 5 aromatic carbocycles. The second-order valence-electron chi connectivity index (χ2n) is 9.42. The lowest BCUT2D eigenvalue weighted by Gasteiger charge is -2.16. The van der Waals surface area contributed by atoms with Gasteiger partial charge in [0, 0.05) is 10.2 Å². The van der Waals surface area contributed by atoms with Gasteiger partial charge in [0.05, 0.1) is 11.3 Å². The van der Waals surface area contributed by atoms with E-state index in [0.717, 1.165) is 27.7 Å². The first-order valence-electron chi connectivity index (χ1n) is 13.3. The largest absolute Gasteiger partial charge is 0.478 e. The molecule has 0 bridgehead atoms. The van der Waals surface area contributed by atoms with Gasteiger partial charge in [0.25, 0.3) is 0 Å². The van der Waals surface area contributed by atoms with Crippen molar-refractivity contribution in [2.45, 2.75) is 12.3 Å². The number of nitrogens with one attached hydrogen (secondary N) is 2. The highest BCUT2D eigenvalue weighted by Gasteiger charge is 2.31. The number of carboxylic acids is 1. The summed E-state index contributed by atoms with van der Waals surface area (Å²) < 4.78 is 45.8. The molecule has 0 saturated carbocycles. The summed E-state index contributed by atoms with van der Waals surface area (Å²) in [6.45, 7) is 0. The SMILES string of the molecule is O=C(Nc1ccc(Br)cc1)Nc1cc(C(F)(F)F)ccc1Oc1ccccc1C(=O)O.OC(c1ccccc1)c1ccccc1. The molecule has 0 aromatic heterocycles. The number of carbonyl (C=O) groups excluding carboxylic acids is 1. The fourth-order valence-corrected chi connectivity index (χ4v) is 4.29. The fraction of sp³-hybridized carbons (Fsp3) is 0.0588. The number of aliphatic hydroxyl groups excluding tert-OH is 1. The van der Waals surface area contributed by atoms with E-state index in [2.05, 4.69) is 26.6 Å². The zero-order valence-electron chi connectivity index (χ0n) is 23.3. The molecule has 230 valence electrons. The van der Waals surface area contributed by atoms with Crippen molar-refractivity contribution in [3.8, 4) is 11.5 Å². The molecule has 11 heteroatoms. The summed E-state index contributed by atoms with van der Waals surface area (Å²) in [6, 6.07) is 33.2. The van der Waals surface area contributed by atoms with Crippen LogP contribution in [-0.4, -0.2) is 22.2 Å². The van der Waals surface area contributed by atoms with E-state index in [9.17, 15) is 33.0 Å². The highest BCUT2D eigenvalue weighted by molar-refractivity contribution is 9.10. The number of amides is 2. The van der Waals surface area contributed by atoms with Gasteiger partial charge >= 0.3 is 18.2 Å². The molecule has 2 amide bonds. The number of ether oxygens (including phenoxy) is 1. The molecule has 0 aliphatic rings. The van der Waals surface area contributed by atoms with Crippen LogP contribution in [0.2, 0.25) is 0 Å². The number of aromatic carboxylic acids is 1. The van der Waals surface area contributed by atoms with Crippen molar-refractivity contribution in [2.75, 3.05) is 10.6 Å². The quantitative estimate of drug-likeness (QED) is 0.137. The van der Waals surface area contributed by atoms with Gasteiger partial charge in [-0.2, -0.15) is 13.2 Å². The third-order valence-corrected chi connectivity index (χ3v) is 6.75. The number of aliphatic hydroxyl groups is 1. The van der Waals surface area contributed by atoms with Crippen molar-refractivity contribution >= 4 is 39.3 Å². The topological polar surface area (TPSA) is 108 Å². The maximum atomic E-state index is 13.2. The smallest absolute Gasteiger partial charge is 0.416 e. The van der Waals surface area contributed by atoms with Crippen molar-refractivity contribution in [3.05, 3.63) is 154 Å². The second kappa shape index (κ2) is 15.0. The summed E-state index contributed by atoms with van der Waals surface area (Å²) >= 11 is 3.26. The van der Waals surface area contributed by atoms with E-state index in [1.165, 1.54) is 24.3 Å². The van der Waals surface area contributed by atoms with Crippen LogP contribution in [0.15, 0.2) is 132 Å². The van der Waals surface area contributed by atoms with Gasteiger partial charge in [-0.25, -0.2) is 9.59 Å². The van der Waals surface area contributed by atoms with Gasteiger partial charge in [0.1, 0.15) is 17.4 Å². The van der Waals surface area contributed by atoms with Gasteiger partial charge in [-0.05, 0) is 65.7 Å². The number of para-hydroxylation sites is 1. The van der Waals surface area contributed by atoms with Crippen molar-refractivity contribution in [1.29, 1.82) is 0 Å². The van der Waals surface area contributed by atoms with Crippen LogP contribution in [0.4, 0.5) is 29.3 Å². The van der Waals surface area contributed by atoms with E-state index >= 15 is 0 Å². The van der Waals surface area contributed by atoms with Gasteiger partial charge in [0.2, 0.25) is 0 Å². The van der Waals surface area contributed by atoms with Crippen LogP contribution in [-0.2, 0) is 6.18 Å². The summed E-state index contributed by atoms with van der Waals surface area (Å²) in [7, 11) is 0. The van der Waals surface area contributed by atoms with E-state index in [4.69, 9.17) is 4.74 Å². The molecule has 5 aromatic rings. The first-order chi connectivity index (χ1) is 21.5. The van der Waals surface area contributed by atoms with E-state index in [1.807, 2.05) is 60.7 Å². The Kier molecular flexibility index (Phi) is 11.0. The average Bonchev–Trinajstić information content (AvgIpc) is 3.03. The van der Waals surface area contributed by atoms with E-state index in [1.54, 1.807) is 24.3 Å². The van der Waals surface area contributed by atoms with Gasteiger partial charge in [-0.15, -0.1) is 0 Å². The third kappa shape index (κ3) is 9.43. The number of rotatable bonds is 7. The summed E-state index contributed by atoms with van der Waals surface area (Å²) in [4.78, 5) is 23.7. The minimum absolute atomic E-state index is 0.0915. The molecular weight excluding hydrogens is 653 g/mol. The summed E-state index contributed by atoms with van der Waals surface area (Å²) in [5.74, 6) is -1.52. The Morgan fingerprint density at radius 3 is 1.82 bits per heavy atom. The lowest BCUT2D eigenvalue weighted by atomic mass is 10.0. The van der Waals surface area contributed by atoms with Crippen molar-refractivity contribution < 1.29 is 37.7 Å². The molecule has 0 fully saturated rings.